The summed E-state index contributed by atoms with van der Waals surface area (Å²) in [6.07, 6.45) is 3.31. The Bertz CT molecular complexity index is 209. The third kappa shape index (κ3) is 6.29. The molecule has 0 aliphatic heterocycles. The van der Waals surface area contributed by atoms with Crippen molar-refractivity contribution in [3.05, 3.63) is 24.8 Å². The Labute approximate surface area is 85.4 Å². The average Bonchev–Trinajstić information content (AvgIpc) is 2.15. The zero-order valence-electron chi connectivity index (χ0n) is 8.91. The summed E-state index contributed by atoms with van der Waals surface area (Å²) in [5.41, 5.74) is 1.13. The fourth-order valence-electron chi connectivity index (χ4n) is 1.00. The van der Waals surface area contributed by atoms with Crippen molar-refractivity contribution >= 4 is 6.16 Å². The molecule has 0 bridgehead atoms. The van der Waals surface area contributed by atoms with Crippen LogP contribution in [0.15, 0.2) is 24.8 Å². The second-order valence-electron chi connectivity index (χ2n) is 3.20. The Morgan fingerprint density at radius 3 is 2.64 bits per heavy atom. The molecule has 1 unspecified atom stereocenters. The lowest BCUT2D eigenvalue weighted by atomic mass is 10.1. The molecule has 1 atom stereocenters. The molecule has 80 valence electrons. The maximum Gasteiger partial charge on any atom is 0.508 e. The molecule has 3 heteroatoms. The van der Waals surface area contributed by atoms with Crippen molar-refractivity contribution < 1.29 is 14.3 Å². The normalized spacial score (nSPS) is 11.6. The molecule has 0 saturated carbocycles. The van der Waals surface area contributed by atoms with E-state index in [1.807, 2.05) is 6.92 Å². The first-order valence-corrected chi connectivity index (χ1v) is 4.61. The van der Waals surface area contributed by atoms with Gasteiger partial charge < -0.3 is 9.47 Å². The first kappa shape index (κ1) is 12.8. The van der Waals surface area contributed by atoms with Gasteiger partial charge in [-0.05, 0) is 26.2 Å². The SMILES string of the molecule is C=CC(CCCC(=C)C)OC(=O)OC. The standard InChI is InChI=1S/C11H18O3/c1-5-10(14-11(12)13-4)8-6-7-9(2)3/h5,10H,1-2,6-8H2,3-4H3. The van der Waals surface area contributed by atoms with Crippen molar-refractivity contribution in [3.63, 3.8) is 0 Å². The molecule has 0 aromatic carbocycles. The lowest BCUT2D eigenvalue weighted by Crippen LogP contribution is -2.15. The van der Waals surface area contributed by atoms with Crippen LogP contribution in [0.5, 0.6) is 0 Å². The number of methoxy groups -OCH3 is 1. The third-order valence-electron chi connectivity index (χ3n) is 1.77. The predicted molar refractivity (Wildman–Crippen MR) is 56.1 cm³/mol. The van der Waals surface area contributed by atoms with Crippen molar-refractivity contribution in [2.24, 2.45) is 0 Å². The van der Waals surface area contributed by atoms with E-state index in [0.717, 1.165) is 24.8 Å². The van der Waals surface area contributed by atoms with Crippen LogP contribution in [0.1, 0.15) is 26.2 Å². The van der Waals surface area contributed by atoms with Crippen LogP contribution in [-0.2, 0) is 9.47 Å². The Morgan fingerprint density at radius 1 is 1.57 bits per heavy atom. The van der Waals surface area contributed by atoms with Gasteiger partial charge in [-0.15, -0.1) is 6.58 Å². The lowest BCUT2D eigenvalue weighted by molar-refractivity contribution is 0.0495. The third-order valence-corrected chi connectivity index (χ3v) is 1.77. The van der Waals surface area contributed by atoms with Gasteiger partial charge in [-0.25, -0.2) is 4.79 Å². The number of carbonyl (C=O) groups excluding carboxylic acids is 1. The molecule has 3 nitrogen and oxygen atoms in total. The van der Waals surface area contributed by atoms with Crippen LogP contribution in [0.2, 0.25) is 0 Å². The van der Waals surface area contributed by atoms with Gasteiger partial charge in [0.2, 0.25) is 0 Å². The highest BCUT2D eigenvalue weighted by atomic mass is 16.7. The number of hydrogen-bond donors (Lipinski definition) is 0. The van der Waals surface area contributed by atoms with E-state index in [2.05, 4.69) is 17.9 Å². The van der Waals surface area contributed by atoms with E-state index in [0.29, 0.717) is 0 Å². The van der Waals surface area contributed by atoms with E-state index >= 15 is 0 Å². The highest BCUT2D eigenvalue weighted by Gasteiger charge is 2.10. The number of carbonyl (C=O) groups is 1. The monoisotopic (exact) mass is 198 g/mol. The lowest BCUT2D eigenvalue weighted by Gasteiger charge is -2.12. The highest BCUT2D eigenvalue weighted by Crippen LogP contribution is 2.10. The Kier molecular flexibility index (Phi) is 6.54. The second-order valence-corrected chi connectivity index (χ2v) is 3.20. The van der Waals surface area contributed by atoms with E-state index in [1.165, 1.54) is 7.11 Å². The maximum absolute atomic E-state index is 10.8. The van der Waals surface area contributed by atoms with E-state index in [4.69, 9.17) is 4.74 Å². The van der Waals surface area contributed by atoms with Crippen LogP contribution in [0.3, 0.4) is 0 Å². The summed E-state index contributed by atoms with van der Waals surface area (Å²) in [6, 6.07) is 0. The van der Waals surface area contributed by atoms with Crippen molar-refractivity contribution in [3.8, 4) is 0 Å². The van der Waals surface area contributed by atoms with Gasteiger partial charge in [0.15, 0.2) is 0 Å². The molecule has 0 amide bonds. The summed E-state index contributed by atoms with van der Waals surface area (Å²) in [7, 11) is 1.29. The number of hydrogen-bond acceptors (Lipinski definition) is 3. The molecular formula is C11H18O3. The summed E-state index contributed by atoms with van der Waals surface area (Å²) >= 11 is 0. The zero-order valence-corrected chi connectivity index (χ0v) is 8.91. The molecule has 0 heterocycles. The van der Waals surface area contributed by atoms with Crippen LogP contribution in [0.25, 0.3) is 0 Å². The first-order valence-electron chi connectivity index (χ1n) is 4.61. The Morgan fingerprint density at radius 2 is 2.21 bits per heavy atom. The Hall–Kier alpha value is -1.25. The first-order chi connectivity index (χ1) is 6.60. The molecule has 0 aromatic rings. The molecule has 0 aromatic heterocycles. The fraction of sp³-hybridized carbons (Fsp3) is 0.545. The summed E-state index contributed by atoms with van der Waals surface area (Å²) in [4.78, 5) is 10.8. The topological polar surface area (TPSA) is 35.5 Å². The molecule has 0 saturated heterocycles. The van der Waals surface area contributed by atoms with Crippen LogP contribution in [0.4, 0.5) is 4.79 Å². The van der Waals surface area contributed by atoms with E-state index < -0.39 is 6.16 Å². The summed E-state index contributed by atoms with van der Waals surface area (Å²) in [6.45, 7) is 9.36. The fourth-order valence-corrected chi connectivity index (χ4v) is 1.00. The minimum Gasteiger partial charge on any atom is -0.438 e. The van der Waals surface area contributed by atoms with Gasteiger partial charge in [0, 0.05) is 0 Å². The van der Waals surface area contributed by atoms with E-state index in [-0.39, 0.29) is 6.10 Å². The van der Waals surface area contributed by atoms with Gasteiger partial charge in [-0.2, -0.15) is 0 Å². The quantitative estimate of drug-likeness (QED) is 0.486. The maximum atomic E-state index is 10.8. The molecular weight excluding hydrogens is 180 g/mol. The Balaban J connectivity index is 3.74. The van der Waals surface area contributed by atoms with E-state index in [9.17, 15) is 4.79 Å². The van der Waals surface area contributed by atoms with Crippen LogP contribution < -0.4 is 0 Å². The van der Waals surface area contributed by atoms with Crippen LogP contribution >= 0.6 is 0 Å². The summed E-state index contributed by atoms with van der Waals surface area (Å²) in [5.74, 6) is 0. The highest BCUT2D eigenvalue weighted by molar-refractivity contribution is 5.60. The average molecular weight is 198 g/mol. The van der Waals surface area contributed by atoms with Gasteiger partial charge >= 0.3 is 6.16 Å². The molecule has 0 rings (SSSR count). The molecule has 0 aliphatic rings. The summed E-state index contributed by atoms with van der Waals surface area (Å²) < 4.78 is 9.31. The van der Waals surface area contributed by atoms with Gasteiger partial charge in [0.1, 0.15) is 6.10 Å². The van der Waals surface area contributed by atoms with Crippen molar-refractivity contribution in [2.45, 2.75) is 32.3 Å². The van der Waals surface area contributed by atoms with Gasteiger partial charge in [-0.1, -0.05) is 18.2 Å². The summed E-state index contributed by atoms with van der Waals surface area (Å²) in [5, 5.41) is 0. The van der Waals surface area contributed by atoms with E-state index in [1.54, 1.807) is 6.08 Å². The van der Waals surface area contributed by atoms with Gasteiger partial charge in [-0.3, -0.25) is 0 Å². The largest absolute Gasteiger partial charge is 0.508 e. The minimum atomic E-state index is -0.662. The smallest absolute Gasteiger partial charge is 0.438 e. The molecule has 0 radical (unpaired) electrons. The van der Waals surface area contributed by atoms with Crippen molar-refractivity contribution in [1.29, 1.82) is 0 Å². The van der Waals surface area contributed by atoms with Gasteiger partial charge in [0.25, 0.3) is 0 Å². The molecule has 0 fully saturated rings. The van der Waals surface area contributed by atoms with Crippen LogP contribution in [0, 0.1) is 0 Å². The van der Waals surface area contributed by atoms with Crippen molar-refractivity contribution in [2.75, 3.05) is 7.11 Å². The van der Waals surface area contributed by atoms with Gasteiger partial charge in [0.05, 0.1) is 7.11 Å². The van der Waals surface area contributed by atoms with Crippen LogP contribution in [-0.4, -0.2) is 19.4 Å². The minimum absolute atomic E-state index is 0.262. The molecule has 0 spiro atoms. The number of rotatable bonds is 6. The molecule has 0 N–H and O–H groups in total. The number of allylic oxidation sites excluding steroid dienone is 1. The van der Waals surface area contributed by atoms with Crippen molar-refractivity contribution in [1.82, 2.24) is 0 Å². The molecule has 0 aliphatic carbocycles. The second kappa shape index (κ2) is 7.18. The zero-order chi connectivity index (χ0) is 11.0. The predicted octanol–water partition coefficient (Wildman–Crippen LogP) is 3.07. The number of ether oxygens (including phenoxy) is 2. The molecule has 14 heavy (non-hydrogen) atoms.